The number of pyridine rings is 1. The summed E-state index contributed by atoms with van der Waals surface area (Å²) in [7, 11) is 1.78. The van der Waals surface area contributed by atoms with Gasteiger partial charge in [0.2, 0.25) is 11.8 Å². The van der Waals surface area contributed by atoms with Crippen LogP contribution in [0.4, 0.5) is 0 Å². The van der Waals surface area contributed by atoms with E-state index >= 15 is 0 Å². The van der Waals surface area contributed by atoms with Gasteiger partial charge in [0.15, 0.2) is 0 Å². The summed E-state index contributed by atoms with van der Waals surface area (Å²) in [5.41, 5.74) is 0.742. The molecule has 1 aliphatic carbocycles. The average Bonchev–Trinajstić information content (AvgIpc) is 3.58. The zero-order valence-corrected chi connectivity index (χ0v) is 19.2. The summed E-state index contributed by atoms with van der Waals surface area (Å²) in [6.07, 6.45) is 3.12. The van der Waals surface area contributed by atoms with Gasteiger partial charge in [0.05, 0.1) is 19.2 Å². The molecule has 3 rings (SSSR count). The minimum Gasteiger partial charge on any atom is -0.472 e. The molecule has 1 saturated carbocycles. The molecule has 2 N–H and O–H groups in total. The second-order valence-corrected chi connectivity index (χ2v) is 9.07. The minimum absolute atomic E-state index is 0.0891. The highest BCUT2D eigenvalue weighted by Gasteiger charge is 2.35. The fourth-order valence-corrected chi connectivity index (χ4v) is 3.67. The first-order valence-corrected chi connectivity index (χ1v) is 11.2. The first kappa shape index (κ1) is 24.0. The molecule has 0 spiro atoms. The van der Waals surface area contributed by atoms with E-state index in [1.165, 1.54) is 6.20 Å². The van der Waals surface area contributed by atoms with Gasteiger partial charge in [0.25, 0.3) is 5.91 Å². The van der Waals surface area contributed by atoms with Crippen molar-refractivity contribution in [3.8, 4) is 17.7 Å². The molecule has 1 fully saturated rings. The van der Waals surface area contributed by atoms with E-state index in [2.05, 4.69) is 16.8 Å². The van der Waals surface area contributed by atoms with Crippen molar-refractivity contribution in [3.05, 3.63) is 23.4 Å². The highest BCUT2D eigenvalue weighted by molar-refractivity contribution is 5.97. The molecule has 0 unspecified atom stereocenters. The number of amides is 2. The van der Waals surface area contributed by atoms with E-state index in [1.807, 2.05) is 6.92 Å². The molecule has 0 saturated heterocycles. The second kappa shape index (κ2) is 10.3. The number of carbonyl (C=O) groups excluding carboxylic acids is 2. The molecule has 1 aromatic heterocycles. The van der Waals surface area contributed by atoms with E-state index in [0.29, 0.717) is 31.0 Å². The van der Waals surface area contributed by atoms with Crippen LogP contribution < -0.4 is 4.74 Å². The summed E-state index contributed by atoms with van der Waals surface area (Å²) in [6.45, 7) is 5.90. The van der Waals surface area contributed by atoms with Gasteiger partial charge in [-0.15, -0.1) is 0 Å². The Morgan fingerprint density at radius 2 is 2.12 bits per heavy atom. The van der Waals surface area contributed by atoms with E-state index < -0.39 is 12.1 Å². The molecule has 1 aliphatic heterocycles. The lowest BCUT2D eigenvalue weighted by atomic mass is 9.99. The summed E-state index contributed by atoms with van der Waals surface area (Å²) in [5.74, 6) is 5.86. The van der Waals surface area contributed by atoms with Crippen LogP contribution in [-0.2, 0) is 4.79 Å². The number of aromatic nitrogens is 1. The van der Waals surface area contributed by atoms with E-state index in [1.54, 1.807) is 36.8 Å². The third-order valence-electron chi connectivity index (χ3n) is 5.99. The zero-order valence-electron chi connectivity index (χ0n) is 19.2. The first-order valence-electron chi connectivity index (χ1n) is 11.2. The van der Waals surface area contributed by atoms with Crippen LogP contribution in [0.3, 0.4) is 0 Å². The lowest BCUT2D eigenvalue weighted by Crippen LogP contribution is -2.50. The Kier molecular flexibility index (Phi) is 7.75. The van der Waals surface area contributed by atoms with E-state index in [-0.39, 0.29) is 41.9 Å². The van der Waals surface area contributed by atoms with Crippen LogP contribution in [0.5, 0.6) is 5.88 Å². The Hall–Kier alpha value is -2.63. The zero-order chi connectivity index (χ0) is 23.4. The molecule has 2 aliphatic rings. The third kappa shape index (κ3) is 5.99. The standard InChI is InChI=1S/C24H33N3O5/c1-15-12-27(16(2)14-28)24(31)20-9-19(6-5-17(3)29)11-25-23(20)32-21(15)13-26(4)22(30)10-18-7-8-18/h9,11,15-18,21,28-29H,7-8,10,12-14H2,1-4H3/t15-,16+,17+,21-/m0/s1. The Morgan fingerprint density at radius 1 is 1.41 bits per heavy atom. The Balaban J connectivity index is 1.91. The van der Waals surface area contributed by atoms with Gasteiger partial charge < -0.3 is 24.7 Å². The van der Waals surface area contributed by atoms with Gasteiger partial charge in [0.1, 0.15) is 17.8 Å². The first-order chi connectivity index (χ1) is 15.2. The van der Waals surface area contributed by atoms with Crippen LogP contribution in [0, 0.1) is 23.7 Å². The van der Waals surface area contributed by atoms with Gasteiger partial charge >= 0.3 is 0 Å². The second-order valence-electron chi connectivity index (χ2n) is 9.07. The number of likely N-dealkylation sites (N-methyl/N-ethyl adjacent to an activating group) is 1. The average molecular weight is 444 g/mol. The largest absolute Gasteiger partial charge is 0.472 e. The number of fused-ring (bicyclic) bond motifs is 1. The van der Waals surface area contributed by atoms with Crippen LogP contribution in [0.2, 0.25) is 0 Å². The van der Waals surface area contributed by atoms with Crippen molar-refractivity contribution in [1.29, 1.82) is 0 Å². The minimum atomic E-state index is -0.802. The van der Waals surface area contributed by atoms with E-state index in [0.717, 1.165) is 12.8 Å². The SMILES string of the molecule is C[C@H](CO)N1C[C@H](C)[C@H](CN(C)C(=O)CC2CC2)Oc2ncc(C#C[C@@H](C)O)cc2C1=O. The topological polar surface area (TPSA) is 103 Å². The van der Waals surface area contributed by atoms with Crippen LogP contribution in [-0.4, -0.2) is 81.8 Å². The molecular weight excluding hydrogens is 410 g/mol. The maximum Gasteiger partial charge on any atom is 0.259 e. The molecule has 2 amide bonds. The number of rotatable bonds is 6. The Labute approximate surface area is 189 Å². The van der Waals surface area contributed by atoms with Crippen LogP contribution in [0.15, 0.2) is 12.3 Å². The molecule has 0 aromatic carbocycles. The van der Waals surface area contributed by atoms with Crippen LogP contribution in [0.25, 0.3) is 0 Å². The van der Waals surface area contributed by atoms with Crippen LogP contribution in [0.1, 0.15) is 56.0 Å². The number of aliphatic hydroxyl groups is 2. The molecule has 8 heteroatoms. The molecule has 4 atom stereocenters. The summed E-state index contributed by atoms with van der Waals surface area (Å²) in [4.78, 5) is 33.5. The molecule has 0 radical (unpaired) electrons. The van der Waals surface area contributed by atoms with Crippen molar-refractivity contribution < 1.29 is 24.5 Å². The molecule has 32 heavy (non-hydrogen) atoms. The quantitative estimate of drug-likeness (QED) is 0.643. The fourth-order valence-electron chi connectivity index (χ4n) is 3.67. The van der Waals surface area contributed by atoms with Gasteiger partial charge in [-0.2, -0.15) is 0 Å². The normalized spacial score (nSPS) is 22.4. The summed E-state index contributed by atoms with van der Waals surface area (Å²) < 4.78 is 6.19. The predicted octanol–water partition coefficient (Wildman–Crippen LogP) is 1.29. The molecule has 1 aromatic rings. The summed E-state index contributed by atoms with van der Waals surface area (Å²) >= 11 is 0. The number of aliphatic hydroxyl groups excluding tert-OH is 2. The molecular formula is C24H33N3O5. The molecule has 2 heterocycles. The van der Waals surface area contributed by atoms with Crippen molar-refractivity contribution in [1.82, 2.24) is 14.8 Å². The van der Waals surface area contributed by atoms with E-state index in [9.17, 15) is 19.8 Å². The van der Waals surface area contributed by atoms with Gasteiger partial charge in [-0.05, 0) is 38.7 Å². The monoisotopic (exact) mass is 443 g/mol. The number of nitrogens with zero attached hydrogens (tertiary/aromatic N) is 3. The molecule has 8 nitrogen and oxygen atoms in total. The highest BCUT2D eigenvalue weighted by Crippen LogP contribution is 2.33. The highest BCUT2D eigenvalue weighted by atomic mass is 16.5. The maximum absolute atomic E-state index is 13.3. The maximum atomic E-state index is 13.3. The molecule has 0 bridgehead atoms. The fraction of sp³-hybridized carbons (Fsp3) is 0.625. The lowest BCUT2D eigenvalue weighted by molar-refractivity contribution is -0.131. The van der Waals surface area contributed by atoms with Gasteiger partial charge in [-0.3, -0.25) is 9.59 Å². The predicted molar refractivity (Wildman–Crippen MR) is 119 cm³/mol. The van der Waals surface area contributed by atoms with E-state index in [4.69, 9.17) is 4.74 Å². The summed E-state index contributed by atoms with van der Waals surface area (Å²) in [6, 6.07) is 1.21. The number of hydrogen-bond donors (Lipinski definition) is 2. The number of hydrogen-bond acceptors (Lipinski definition) is 6. The van der Waals surface area contributed by atoms with Crippen LogP contribution >= 0.6 is 0 Å². The van der Waals surface area contributed by atoms with Gasteiger partial charge in [0, 0.05) is 37.7 Å². The Bertz CT molecular complexity index is 903. The third-order valence-corrected chi connectivity index (χ3v) is 5.99. The summed E-state index contributed by atoms with van der Waals surface area (Å²) in [5, 5.41) is 19.2. The van der Waals surface area contributed by atoms with Crippen molar-refractivity contribution in [2.24, 2.45) is 11.8 Å². The lowest BCUT2D eigenvalue weighted by Gasteiger charge is -2.37. The number of carbonyl (C=O) groups is 2. The Morgan fingerprint density at radius 3 is 2.75 bits per heavy atom. The van der Waals surface area contributed by atoms with Gasteiger partial charge in [-0.1, -0.05) is 18.8 Å². The van der Waals surface area contributed by atoms with Crippen molar-refractivity contribution in [2.45, 2.75) is 58.3 Å². The van der Waals surface area contributed by atoms with Crippen molar-refractivity contribution in [3.63, 3.8) is 0 Å². The van der Waals surface area contributed by atoms with Crippen molar-refractivity contribution >= 4 is 11.8 Å². The smallest absolute Gasteiger partial charge is 0.259 e. The van der Waals surface area contributed by atoms with Gasteiger partial charge in [-0.25, -0.2) is 4.98 Å². The molecule has 174 valence electrons. The van der Waals surface area contributed by atoms with Crippen molar-refractivity contribution in [2.75, 3.05) is 26.7 Å². The number of ether oxygens (including phenoxy) is 1.